The van der Waals surface area contributed by atoms with Crippen LogP contribution in [-0.4, -0.2) is 35.6 Å². The number of thioether (sulfide) groups is 1. The molecule has 0 aromatic heterocycles. The van der Waals surface area contributed by atoms with Crippen molar-refractivity contribution in [3.8, 4) is 0 Å². The molecule has 0 saturated carbocycles. The van der Waals surface area contributed by atoms with Gasteiger partial charge in [-0.1, -0.05) is 48.5 Å². The molecule has 144 valence electrons. The smallest absolute Gasteiger partial charge is 0.242 e. The number of likely N-dealkylation sites (N-methyl/N-ethyl adjacent to an activating group) is 1. The van der Waals surface area contributed by atoms with Gasteiger partial charge in [0.2, 0.25) is 11.8 Å². The molecule has 0 spiro atoms. The first-order valence-corrected chi connectivity index (χ1v) is 10.3. The van der Waals surface area contributed by atoms with Crippen molar-refractivity contribution in [2.75, 3.05) is 12.8 Å². The lowest BCUT2D eigenvalue weighted by Crippen LogP contribution is -2.47. The number of nitrogens with zero attached hydrogens (tertiary/aromatic N) is 1. The summed E-state index contributed by atoms with van der Waals surface area (Å²) >= 11 is 1.59. The van der Waals surface area contributed by atoms with E-state index in [2.05, 4.69) is 24.4 Å². The van der Waals surface area contributed by atoms with Gasteiger partial charge in [0.25, 0.3) is 0 Å². The summed E-state index contributed by atoms with van der Waals surface area (Å²) in [7, 11) is 1.60. The third kappa shape index (κ3) is 5.86. The van der Waals surface area contributed by atoms with Gasteiger partial charge in [0.1, 0.15) is 6.04 Å². The van der Waals surface area contributed by atoms with E-state index in [4.69, 9.17) is 0 Å². The SMILES string of the molecule is CNC(=O)[C@H](C)N(Cc1ccccc1C)C(=O)CSCc1ccccc1C. The average molecular weight is 385 g/mol. The zero-order valence-electron chi connectivity index (χ0n) is 16.5. The van der Waals surface area contributed by atoms with Gasteiger partial charge in [-0.3, -0.25) is 9.59 Å². The van der Waals surface area contributed by atoms with E-state index in [1.165, 1.54) is 11.1 Å². The fourth-order valence-electron chi connectivity index (χ4n) is 2.87. The third-order valence-corrected chi connectivity index (χ3v) is 5.73. The number of rotatable bonds is 8. The molecule has 0 bridgehead atoms. The normalized spacial score (nSPS) is 11.7. The molecule has 0 radical (unpaired) electrons. The summed E-state index contributed by atoms with van der Waals surface area (Å²) in [6.45, 7) is 6.32. The quantitative estimate of drug-likeness (QED) is 0.755. The van der Waals surface area contributed by atoms with Crippen molar-refractivity contribution in [1.82, 2.24) is 10.2 Å². The maximum absolute atomic E-state index is 12.9. The first-order valence-electron chi connectivity index (χ1n) is 9.12. The molecule has 2 aromatic carbocycles. The second-order valence-electron chi connectivity index (χ2n) is 6.66. The number of carbonyl (C=O) groups excluding carboxylic acids is 2. The summed E-state index contributed by atoms with van der Waals surface area (Å²) in [4.78, 5) is 26.8. The van der Waals surface area contributed by atoms with Gasteiger partial charge in [0.05, 0.1) is 5.75 Å². The van der Waals surface area contributed by atoms with Crippen molar-refractivity contribution >= 4 is 23.6 Å². The van der Waals surface area contributed by atoms with Gasteiger partial charge in [-0.15, -0.1) is 11.8 Å². The van der Waals surface area contributed by atoms with Gasteiger partial charge in [0.15, 0.2) is 0 Å². The highest BCUT2D eigenvalue weighted by Crippen LogP contribution is 2.19. The molecule has 0 saturated heterocycles. The second-order valence-corrected chi connectivity index (χ2v) is 7.64. The van der Waals surface area contributed by atoms with Crippen molar-refractivity contribution in [3.05, 3.63) is 70.8 Å². The third-order valence-electron chi connectivity index (χ3n) is 4.76. The number of hydrogen-bond donors (Lipinski definition) is 1. The van der Waals surface area contributed by atoms with Crippen LogP contribution in [0, 0.1) is 13.8 Å². The minimum atomic E-state index is -0.513. The van der Waals surface area contributed by atoms with E-state index in [0.29, 0.717) is 12.3 Å². The number of amides is 2. The monoisotopic (exact) mass is 384 g/mol. The summed E-state index contributed by atoms with van der Waals surface area (Å²) < 4.78 is 0. The van der Waals surface area contributed by atoms with Crippen LogP contribution in [0.5, 0.6) is 0 Å². The molecule has 1 atom stereocenters. The molecule has 1 N–H and O–H groups in total. The molecule has 0 aliphatic rings. The number of benzene rings is 2. The first kappa shape index (κ1) is 21.0. The standard InChI is InChI=1S/C22H28N2O2S/c1-16-9-5-7-11-19(16)13-24(18(3)22(26)23-4)21(25)15-27-14-20-12-8-6-10-17(20)2/h5-12,18H,13-15H2,1-4H3,(H,23,26)/t18-/m0/s1. The van der Waals surface area contributed by atoms with E-state index in [9.17, 15) is 9.59 Å². The molecule has 0 aliphatic carbocycles. The zero-order valence-corrected chi connectivity index (χ0v) is 17.3. The molecule has 2 amide bonds. The van der Waals surface area contributed by atoms with Gasteiger partial charge >= 0.3 is 0 Å². The van der Waals surface area contributed by atoms with E-state index in [1.807, 2.05) is 43.3 Å². The van der Waals surface area contributed by atoms with Gasteiger partial charge in [-0.2, -0.15) is 0 Å². The van der Waals surface area contributed by atoms with Gasteiger partial charge in [-0.05, 0) is 43.0 Å². The molecule has 0 aliphatic heterocycles. The topological polar surface area (TPSA) is 49.4 Å². The van der Waals surface area contributed by atoms with Crippen molar-refractivity contribution in [2.45, 2.75) is 39.1 Å². The first-order chi connectivity index (χ1) is 12.9. The molecular formula is C22H28N2O2S. The molecule has 0 unspecified atom stereocenters. The minimum Gasteiger partial charge on any atom is -0.357 e. The van der Waals surface area contributed by atoms with Crippen LogP contribution in [0.25, 0.3) is 0 Å². The van der Waals surface area contributed by atoms with E-state index in [1.54, 1.807) is 30.6 Å². The van der Waals surface area contributed by atoms with Crippen LogP contribution < -0.4 is 5.32 Å². The number of aryl methyl sites for hydroxylation is 2. The molecule has 27 heavy (non-hydrogen) atoms. The van der Waals surface area contributed by atoms with Crippen LogP contribution >= 0.6 is 11.8 Å². The van der Waals surface area contributed by atoms with Crippen LogP contribution in [0.1, 0.15) is 29.2 Å². The Kier molecular flexibility index (Phi) is 7.92. The Labute approximate surface area is 166 Å². The Bertz CT molecular complexity index is 791. The van der Waals surface area contributed by atoms with E-state index in [-0.39, 0.29) is 11.8 Å². The van der Waals surface area contributed by atoms with Crippen LogP contribution in [0.3, 0.4) is 0 Å². The van der Waals surface area contributed by atoms with Crippen molar-refractivity contribution in [2.24, 2.45) is 0 Å². The summed E-state index contributed by atoms with van der Waals surface area (Å²) in [5.74, 6) is 0.959. The highest BCUT2D eigenvalue weighted by Gasteiger charge is 2.25. The predicted molar refractivity (Wildman–Crippen MR) is 113 cm³/mol. The van der Waals surface area contributed by atoms with Gasteiger partial charge in [0, 0.05) is 19.3 Å². The minimum absolute atomic E-state index is 0.0204. The lowest BCUT2D eigenvalue weighted by atomic mass is 10.1. The Morgan fingerprint density at radius 3 is 2.11 bits per heavy atom. The zero-order chi connectivity index (χ0) is 19.8. The molecule has 5 heteroatoms. The molecule has 0 heterocycles. The van der Waals surface area contributed by atoms with Gasteiger partial charge in [-0.25, -0.2) is 0 Å². The fourth-order valence-corrected chi connectivity index (χ4v) is 3.85. The van der Waals surface area contributed by atoms with Crippen molar-refractivity contribution in [1.29, 1.82) is 0 Å². The van der Waals surface area contributed by atoms with E-state index >= 15 is 0 Å². The van der Waals surface area contributed by atoms with E-state index in [0.717, 1.165) is 16.9 Å². The van der Waals surface area contributed by atoms with Crippen LogP contribution in [0.4, 0.5) is 0 Å². The second kappa shape index (κ2) is 10.2. The van der Waals surface area contributed by atoms with Crippen LogP contribution in [0.2, 0.25) is 0 Å². The number of carbonyl (C=O) groups is 2. The highest BCUT2D eigenvalue weighted by molar-refractivity contribution is 7.99. The van der Waals surface area contributed by atoms with Crippen LogP contribution in [0.15, 0.2) is 48.5 Å². The Morgan fingerprint density at radius 1 is 1.00 bits per heavy atom. The molecular weight excluding hydrogens is 356 g/mol. The summed E-state index contributed by atoms with van der Waals surface area (Å²) in [6, 6.07) is 15.7. The van der Waals surface area contributed by atoms with E-state index < -0.39 is 6.04 Å². The fraction of sp³-hybridized carbons (Fsp3) is 0.364. The Morgan fingerprint density at radius 2 is 1.56 bits per heavy atom. The maximum atomic E-state index is 12.9. The largest absolute Gasteiger partial charge is 0.357 e. The van der Waals surface area contributed by atoms with Crippen molar-refractivity contribution in [3.63, 3.8) is 0 Å². The maximum Gasteiger partial charge on any atom is 0.242 e. The lowest BCUT2D eigenvalue weighted by Gasteiger charge is -2.29. The van der Waals surface area contributed by atoms with Gasteiger partial charge < -0.3 is 10.2 Å². The molecule has 0 fully saturated rings. The predicted octanol–water partition coefficient (Wildman–Crippen LogP) is 3.70. The molecule has 4 nitrogen and oxygen atoms in total. The summed E-state index contributed by atoms with van der Waals surface area (Å²) in [5, 5.41) is 2.65. The number of nitrogens with one attached hydrogen (secondary N) is 1. The van der Waals surface area contributed by atoms with Crippen molar-refractivity contribution < 1.29 is 9.59 Å². The highest BCUT2D eigenvalue weighted by atomic mass is 32.2. The molecule has 2 rings (SSSR count). The summed E-state index contributed by atoms with van der Waals surface area (Å²) in [6.07, 6.45) is 0. The molecule has 2 aromatic rings. The lowest BCUT2D eigenvalue weighted by molar-refractivity contribution is -0.138. The Balaban J connectivity index is 2.07. The Hall–Kier alpha value is -2.27. The van der Waals surface area contributed by atoms with Crippen LogP contribution in [-0.2, 0) is 21.9 Å². The average Bonchev–Trinajstić information content (AvgIpc) is 2.67. The summed E-state index contributed by atoms with van der Waals surface area (Å²) in [5.41, 5.74) is 4.64. The number of hydrogen-bond acceptors (Lipinski definition) is 3.